The number of benzene rings is 1. The van der Waals surface area contributed by atoms with Crippen LogP contribution in [0.25, 0.3) is 0 Å². The summed E-state index contributed by atoms with van der Waals surface area (Å²) in [4.78, 5) is 24.6. The molecule has 4 heteroatoms. The van der Waals surface area contributed by atoms with Crippen molar-refractivity contribution in [2.75, 3.05) is 19.7 Å². The van der Waals surface area contributed by atoms with Gasteiger partial charge in [0, 0.05) is 19.4 Å². The van der Waals surface area contributed by atoms with Crippen molar-refractivity contribution in [1.29, 1.82) is 0 Å². The van der Waals surface area contributed by atoms with Gasteiger partial charge >= 0.3 is 5.97 Å². The van der Waals surface area contributed by atoms with E-state index in [0.29, 0.717) is 32.4 Å². The van der Waals surface area contributed by atoms with Gasteiger partial charge in [0.2, 0.25) is 5.91 Å². The van der Waals surface area contributed by atoms with Gasteiger partial charge in [-0.25, -0.2) is 0 Å². The summed E-state index contributed by atoms with van der Waals surface area (Å²) in [5.41, 5.74) is 1.13. The van der Waals surface area contributed by atoms with Gasteiger partial charge in [0.1, 0.15) is 6.61 Å². The Balaban J connectivity index is 1.61. The molecule has 1 aliphatic rings. The maximum Gasteiger partial charge on any atom is 0.306 e. The third-order valence-electron chi connectivity index (χ3n) is 3.26. The first-order valence-corrected chi connectivity index (χ1v) is 6.73. The topological polar surface area (TPSA) is 46.6 Å². The molecule has 0 unspecified atom stereocenters. The van der Waals surface area contributed by atoms with Gasteiger partial charge in [-0.15, -0.1) is 0 Å². The average molecular weight is 261 g/mol. The molecule has 19 heavy (non-hydrogen) atoms. The molecule has 1 amide bonds. The summed E-state index contributed by atoms with van der Waals surface area (Å²) in [5, 5.41) is 0. The predicted molar refractivity (Wildman–Crippen MR) is 71.5 cm³/mol. The number of hydrogen-bond donors (Lipinski definition) is 0. The largest absolute Gasteiger partial charge is 0.464 e. The molecule has 0 aliphatic carbocycles. The van der Waals surface area contributed by atoms with Crippen LogP contribution in [0, 0.1) is 0 Å². The van der Waals surface area contributed by atoms with Crippen LogP contribution < -0.4 is 0 Å². The summed E-state index contributed by atoms with van der Waals surface area (Å²) in [6, 6.07) is 9.86. The zero-order chi connectivity index (χ0) is 13.5. The van der Waals surface area contributed by atoms with Crippen LogP contribution in [0.2, 0.25) is 0 Å². The second-order valence-electron chi connectivity index (χ2n) is 4.69. The van der Waals surface area contributed by atoms with E-state index in [0.717, 1.165) is 18.5 Å². The van der Waals surface area contributed by atoms with Crippen LogP contribution in [-0.4, -0.2) is 36.5 Å². The van der Waals surface area contributed by atoms with Crippen molar-refractivity contribution in [3.63, 3.8) is 0 Å². The van der Waals surface area contributed by atoms with E-state index in [9.17, 15) is 9.59 Å². The second kappa shape index (κ2) is 6.92. The first-order valence-electron chi connectivity index (χ1n) is 6.73. The zero-order valence-corrected chi connectivity index (χ0v) is 11.0. The van der Waals surface area contributed by atoms with E-state index in [4.69, 9.17) is 4.74 Å². The average Bonchev–Trinajstić information content (AvgIpc) is 2.83. The minimum atomic E-state index is -0.199. The summed E-state index contributed by atoms with van der Waals surface area (Å²) < 4.78 is 5.14. The Morgan fingerprint density at radius 1 is 1.26 bits per heavy atom. The number of nitrogens with zero attached hydrogens (tertiary/aromatic N) is 1. The number of carbonyl (C=O) groups is 2. The normalized spacial score (nSPS) is 14.7. The van der Waals surface area contributed by atoms with Gasteiger partial charge < -0.3 is 9.64 Å². The summed E-state index contributed by atoms with van der Waals surface area (Å²) >= 11 is 0. The lowest BCUT2D eigenvalue weighted by Crippen LogP contribution is -2.29. The number of rotatable bonds is 6. The van der Waals surface area contributed by atoms with Crippen LogP contribution in [0.15, 0.2) is 30.3 Å². The van der Waals surface area contributed by atoms with Crippen LogP contribution >= 0.6 is 0 Å². The van der Waals surface area contributed by atoms with Crippen LogP contribution in [0.3, 0.4) is 0 Å². The Morgan fingerprint density at radius 3 is 2.74 bits per heavy atom. The van der Waals surface area contributed by atoms with Gasteiger partial charge in [0.15, 0.2) is 0 Å². The van der Waals surface area contributed by atoms with E-state index in [1.54, 1.807) is 4.90 Å². The van der Waals surface area contributed by atoms with Gasteiger partial charge in [0.05, 0.1) is 6.54 Å². The molecule has 1 aromatic carbocycles. The quantitative estimate of drug-likeness (QED) is 0.733. The number of esters is 1. The van der Waals surface area contributed by atoms with Crippen LogP contribution in [0.1, 0.15) is 24.8 Å². The fourth-order valence-electron chi connectivity index (χ4n) is 2.17. The summed E-state index contributed by atoms with van der Waals surface area (Å²) in [7, 11) is 0. The standard InChI is InChI=1S/C15H19NO3/c17-14-7-4-10-16(14)11-12-19-15(18)9-8-13-5-2-1-3-6-13/h1-3,5-6H,4,7-12H2. The molecule has 1 saturated heterocycles. The molecule has 0 saturated carbocycles. The Labute approximate surface area is 113 Å². The molecule has 0 N–H and O–H groups in total. The minimum Gasteiger partial charge on any atom is -0.464 e. The molecule has 102 valence electrons. The highest BCUT2D eigenvalue weighted by molar-refractivity contribution is 5.78. The van der Waals surface area contributed by atoms with Crippen molar-refractivity contribution < 1.29 is 14.3 Å². The third-order valence-corrected chi connectivity index (χ3v) is 3.26. The summed E-state index contributed by atoms with van der Waals surface area (Å²) in [6.07, 6.45) is 2.63. The van der Waals surface area contributed by atoms with Gasteiger partial charge in [-0.3, -0.25) is 9.59 Å². The number of hydrogen-bond acceptors (Lipinski definition) is 3. The molecule has 0 atom stereocenters. The third kappa shape index (κ3) is 4.39. The molecule has 0 radical (unpaired) electrons. The van der Waals surface area contributed by atoms with Crippen molar-refractivity contribution >= 4 is 11.9 Å². The Bertz CT molecular complexity index is 430. The first kappa shape index (κ1) is 13.6. The minimum absolute atomic E-state index is 0.167. The SMILES string of the molecule is O=C(CCc1ccccc1)OCCN1CCCC1=O. The fourth-order valence-corrected chi connectivity index (χ4v) is 2.17. The molecular formula is C15H19NO3. The second-order valence-corrected chi connectivity index (χ2v) is 4.69. The molecule has 1 fully saturated rings. The van der Waals surface area contributed by atoms with E-state index in [1.807, 2.05) is 30.3 Å². The van der Waals surface area contributed by atoms with Crippen molar-refractivity contribution in [3.05, 3.63) is 35.9 Å². The monoisotopic (exact) mass is 261 g/mol. The highest BCUT2D eigenvalue weighted by Gasteiger charge is 2.19. The van der Waals surface area contributed by atoms with Crippen molar-refractivity contribution in [3.8, 4) is 0 Å². The van der Waals surface area contributed by atoms with Crippen molar-refractivity contribution in [2.24, 2.45) is 0 Å². The number of carbonyl (C=O) groups excluding carboxylic acids is 2. The molecule has 2 rings (SSSR count). The van der Waals surface area contributed by atoms with Crippen molar-refractivity contribution in [2.45, 2.75) is 25.7 Å². The lowest BCUT2D eigenvalue weighted by molar-refractivity contribution is -0.145. The molecule has 4 nitrogen and oxygen atoms in total. The lowest BCUT2D eigenvalue weighted by atomic mass is 10.1. The first-order chi connectivity index (χ1) is 9.25. The van der Waals surface area contributed by atoms with Gasteiger partial charge in [-0.2, -0.15) is 0 Å². The molecule has 0 spiro atoms. The van der Waals surface area contributed by atoms with E-state index in [1.165, 1.54) is 0 Å². The van der Waals surface area contributed by atoms with E-state index in [-0.39, 0.29) is 11.9 Å². The Kier molecular flexibility index (Phi) is 4.95. The highest BCUT2D eigenvalue weighted by atomic mass is 16.5. The fraction of sp³-hybridized carbons (Fsp3) is 0.467. The summed E-state index contributed by atoms with van der Waals surface area (Å²) in [6.45, 7) is 1.62. The number of aryl methyl sites for hydroxylation is 1. The molecular weight excluding hydrogens is 242 g/mol. The molecule has 1 aromatic rings. The molecule has 1 aliphatic heterocycles. The lowest BCUT2D eigenvalue weighted by Gasteiger charge is -2.15. The van der Waals surface area contributed by atoms with Crippen LogP contribution in [-0.2, 0) is 20.7 Å². The van der Waals surface area contributed by atoms with Gasteiger partial charge in [0.25, 0.3) is 0 Å². The van der Waals surface area contributed by atoms with E-state index >= 15 is 0 Å². The summed E-state index contributed by atoms with van der Waals surface area (Å²) in [5.74, 6) is -0.0316. The van der Waals surface area contributed by atoms with E-state index < -0.39 is 0 Å². The number of ether oxygens (including phenoxy) is 1. The van der Waals surface area contributed by atoms with Crippen LogP contribution in [0.4, 0.5) is 0 Å². The molecule has 1 heterocycles. The number of likely N-dealkylation sites (tertiary alicyclic amines) is 1. The maximum absolute atomic E-state index is 11.5. The zero-order valence-electron chi connectivity index (χ0n) is 11.0. The van der Waals surface area contributed by atoms with Crippen molar-refractivity contribution in [1.82, 2.24) is 4.90 Å². The molecule has 0 bridgehead atoms. The van der Waals surface area contributed by atoms with Gasteiger partial charge in [-0.1, -0.05) is 30.3 Å². The van der Waals surface area contributed by atoms with Gasteiger partial charge in [-0.05, 0) is 18.4 Å². The Morgan fingerprint density at radius 2 is 2.05 bits per heavy atom. The predicted octanol–water partition coefficient (Wildman–Crippen LogP) is 1.78. The number of amides is 1. The maximum atomic E-state index is 11.5. The van der Waals surface area contributed by atoms with Crippen LogP contribution in [0.5, 0.6) is 0 Å². The Hall–Kier alpha value is -1.84. The smallest absolute Gasteiger partial charge is 0.306 e. The highest BCUT2D eigenvalue weighted by Crippen LogP contribution is 2.09. The molecule has 0 aromatic heterocycles. The van der Waals surface area contributed by atoms with E-state index in [2.05, 4.69) is 0 Å².